The number of nitrogens with zero attached hydrogens (tertiary/aromatic N) is 2. The van der Waals surface area contributed by atoms with Gasteiger partial charge >= 0.3 is 0 Å². The minimum Gasteiger partial charge on any atom is -0.507 e. The number of amides is 1. The summed E-state index contributed by atoms with van der Waals surface area (Å²) < 4.78 is 0. The van der Waals surface area contributed by atoms with Crippen molar-refractivity contribution in [3.63, 3.8) is 0 Å². The highest BCUT2D eigenvalue weighted by Gasteiger charge is 2.08. The molecule has 3 aromatic carbocycles. The topological polar surface area (TPSA) is 64.9 Å². The van der Waals surface area contributed by atoms with E-state index in [0.717, 1.165) is 16.9 Å². The van der Waals surface area contributed by atoms with Crippen LogP contribution in [0.3, 0.4) is 0 Å². The molecule has 0 aromatic heterocycles. The van der Waals surface area contributed by atoms with Crippen LogP contribution in [0.25, 0.3) is 0 Å². The van der Waals surface area contributed by atoms with Gasteiger partial charge in [-0.3, -0.25) is 4.79 Å². The highest BCUT2D eigenvalue weighted by molar-refractivity contribution is 5.97. The van der Waals surface area contributed by atoms with E-state index in [1.54, 1.807) is 18.3 Å². The molecule has 0 aliphatic carbocycles. The van der Waals surface area contributed by atoms with E-state index in [4.69, 9.17) is 0 Å². The van der Waals surface area contributed by atoms with Gasteiger partial charge in [0, 0.05) is 18.4 Å². The highest BCUT2D eigenvalue weighted by Crippen LogP contribution is 2.23. The number of benzene rings is 3. The number of phenols is 1. The summed E-state index contributed by atoms with van der Waals surface area (Å²) in [5.74, 6) is -0.534. The molecule has 5 heteroatoms. The molecule has 0 atom stereocenters. The average molecular weight is 345 g/mol. The molecule has 0 radical (unpaired) electrons. The maximum absolute atomic E-state index is 12.0. The summed E-state index contributed by atoms with van der Waals surface area (Å²) in [5, 5.41) is 13.6. The Bertz CT molecular complexity index is 906. The molecule has 0 bridgehead atoms. The van der Waals surface area contributed by atoms with Crippen LogP contribution in [0.1, 0.15) is 15.9 Å². The molecule has 0 fully saturated rings. The van der Waals surface area contributed by atoms with E-state index in [0.29, 0.717) is 0 Å². The summed E-state index contributed by atoms with van der Waals surface area (Å²) in [4.78, 5) is 14.0. The average Bonchev–Trinajstić information content (AvgIpc) is 2.69. The van der Waals surface area contributed by atoms with Gasteiger partial charge in [0.15, 0.2) is 0 Å². The zero-order chi connectivity index (χ0) is 18.4. The van der Waals surface area contributed by atoms with E-state index >= 15 is 0 Å². The Kier molecular flexibility index (Phi) is 5.29. The predicted octanol–water partition coefficient (Wildman–Crippen LogP) is 3.92. The molecular weight excluding hydrogens is 326 g/mol. The van der Waals surface area contributed by atoms with Gasteiger partial charge in [-0.05, 0) is 42.0 Å². The molecule has 0 saturated carbocycles. The van der Waals surface area contributed by atoms with Crippen LogP contribution in [-0.4, -0.2) is 24.3 Å². The number of hydrogen-bond acceptors (Lipinski definition) is 4. The maximum Gasteiger partial charge on any atom is 0.275 e. The minimum atomic E-state index is -0.459. The quantitative estimate of drug-likeness (QED) is 0.544. The lowest BCUT2D eigenvalue weighted by atomic mass is 10.2. The largest absolute Gasteiger partial charge is 0.507 e. The summed E-state index contributed by atoms with van der Waals surface area (Å²) in [7, 11) is 2.00. The van der Waals surface area contributed by atoms with E-state index in [1.807, 2.05) is 61.6 Å². The van der Waals surface area contributed by atoms with Crippen LogP contribution in [0.15, 0.2) is 84.0 Å². The number of rotatable bonds is 5. The Morgan fingerprint density at radius 1 is 0.923 bits per heavy atom. The summed E-state index contributed by atoms with van der Waals surface area (Å²) in [6, 6.07) is 24.2. The normalized spacial score (nSPS) is 10.7. The van der Waals surface area contributed by atoms with Gasteiger partial charge in [0.25, 0.3) is 5.91 Å². The second kappa shape index (κ2) is 7.98. The monoisotopic (exact) mass is 345 g/mol. The molecule has 26 heavy (non-hydrogen) atoms. The summed E-state index contributed by atoms with van der Waals surface area (Å²) in [6.07, 6.45) is 1.56. The Hall–Kier alpha value is -3.60. The smallest absolute Gasteiger partial charge is 0.275 e. The molecule has 0 saturated heterocycles. The Morgan fingerprint density at radius 3 is 2.23 bits per heavy atom. The lowest BCUT2D eigenvalue weighted by Gasteiger charge is -2.19. The fourth-order valence-electron chi connectivity index (χ4n) is 2.48. The zero-order valence-corrected chi connectivity index (χ0v) is 14.3. The van der Waals surface area contributed by atoms with E-state index in [1.165, 1.54) is 12.1 Å². The van der Waals surface area contributed by atoms with Crippen molar-refractivity contribution in [2.45, 2.75) is 0 Å². The summed E-state index contributed by atoms with van der Waals surface area (Å²) in [5.41, 5.74) is 5.60. The molecule has 3 rings (SSSR count). The molecule has 0 aliphatic rings. The molecule has 5 nitrogen and oxygen atoms in total. The van der Waals surface area contributed by atoms with Crippen molar-refractivity contribution >= 4 is 23.5 Å². The molecule has 3 aromatic rings. The van der Waals surface area contributed by atoms with Crippen LogP contribution >= 0.6 is 0 Å². The third-order valence-electron chi connectivity index (χ3n) is 3.95. The standard InChI is InChI=1S/C21H19N3O2/c1-24(17-7-3-2-4-8-17)18-13-11-16(12-14-18)15-22-23-21(26)19-9-5-6-10-20(19)25/h2-15,25H,1H3,(H,23,26)/b22-15-. The van der Waals surface area contributed by atoms with Crippen molar-refractivity contribution in [3.8, 4) is 5.75 Å². The van der Waals surface area contributed by atoms with Gasteiger partial charge in [0.2, 0.25) is 0 Å². The second-order valence-electron chi connectivity index (χ2n) is 5.70. The number of nitrogens with one attached hydrogen (secondary N) is 1. The van der Waals surface area contributed by atoms with Crippen molar-refractivity contribution in [1.29, 1.82) is 0 Å². The van der Waals surface area contributed by atoms with Gasteiger partial charge in [-0.2, -0.15) is 5.10 Å². The molecule has 130 valence electrons. The molecule has 0 unspecified atom stereocenters. The minimum absolute atomic E-state index is 0.0755. The molecule has 0 aliphatic heterocycles. The number of hydrogen-bond donors (Lipinski definition) is 2. The second-order valence-corrected chi connectivity index (χ2v) is 5.70. The van der Waals surface area contributed by atoms with Crippen molar-refractivity contribution in [3.05, 3.63) is 90.0 Å². The molecule has 0 heterocycles. The number of hydrazone groups is 1. The number of para-hydroxylation sites is 2. The van der Waals surface area contributed by atoms with Crippen LogP contribution in [0, 0.1) is 0 Å². The summed E-state index contributed by atoms with van der Waals surface area (Å²) in [6.45, 7) is 0. The fourth-order valence-corrected chi connectivity index (χ4v) is 2.48. The van der Waals surface area contributed by atoms with E-state index in [2.05, 4.69) is 15.4 Å². The van der Waals surface area contributed by atoms with Crippen LogP contribution in [0.2, 0.25) is 0 Å². The van der Waals surface area contributed by atoms with Gasteiger partial charge in [-0.1, -0.05) is 42.5 Å². The van der Waals surface area contributed by atoms with Gasteiger partial charge in [0.05, 0.1) is 11.8 Å². The zero-order valence-electron chi connectivity index (χ0n) is 14.3. The molecule has 0 spiro atoms. The van der Waals surface area contributed by atoms with E-state index in [-0.39, 0.29) is 11.3 Å². The first kappa shape index (κ1) is 17.2. The van der Waals surface area contributed by atoms with Gasteiger partial charge < -0.3 is 10.0 Å². The summed E-state index contributed by atoms with van der Waals surface area (Å²) >= 11 is 0. The fraction of sp³-hybridized carbons (Fsp3) is 0.0476. The van der Waals surface area contributed by atoms with Crippen molar-refractivity contribution in [2.75, 3.05) is 11.9 Å². The number of anilines is 2. The SMILES string of the molecule is CN(c1ccccc1)c1ccc(/C=N\NC(=O)c2ccccc2O)cc1. The van der Waals surface area contributed by atoms with E-state index in [9.17, 15) is 9.90 Å². The Balaban J connectivity index is 1.63. The predicted molar refractivity (Wildman–Crippen MR) is 104 cm³/mol. The van der Waals surface area contributed by atoms with Crippen molar-refractivity contribution < 1.29 is 9.90 Å². The number of aromatic hydroxyl groups is 1. The Morgan fingerprint density at radius 2 is 1.54 bits per heavy atom. The lowest BCUT2D eigenvalue weighted by molar-refractivity contribution is 0.0952. The first-order valence-corrected chi connectivity index (χ1v) is 8.15. The number of carbonyl (C=O) groups excluding carboxylic acids is 1. The third-order valence-corrected chi connectivity index (χ3v) is 3.95. The third kappa shape index (κ3) is 4.08. The number of carbonyl (C=O) groups is 1. The first-order valence-electron chi connectivity index (χ1n) is 8.15. The van der Waals surface area contributed by atoms with Crippen LogP contribution in [0.5, 0.6) is 5.75 Å². The molecule has 2 N–H and O–H groups in total. The van der Waals surface area contributed by atoms with Crippen LogP contribution in [0.4, 0.5) is 11.4 Å². The van der Waals surface area contributed by atoms with Crippen molar-refractivity contribution in [2.24, 2.45) is 5.10 Å². The highest BCUT2D eigenvalue weighted by atomic mass is 16.3. The first-order chi connectivity index (χ1) is 12.6. The van der Waals surface area contributed by atoms with Gasteiger partial charge in [-0.25, -0.2) is 5.43 Å². The van der Waals surface area contributed by atoms with E-state index < -0.39 is 5.91 Å². The Labute approximate surface area is 152 Å². The molecular formula is C21H19N3O2. The maximum atomic E-state index is 12.0. The van der Waals surface area contributed by atoms with Crippen LogP contribution in [-0.2, 0) is 0 Å². The van der Waals surface area contributed by atoms with Crippen LogP contribution < -0.4 is 10.3 Å². The van der Waals surface area contributed by atoms with Gasteiger partial charge in [0.1, 0.15) is 5.75 Å². The van der Waals surface area contributed by atoms with Crippen molar-refractivity contribution in [1.82, 2.24) is 5.43 Å². The van der Waals surface area contributed by atoms with Gasteiger partial charge in [-0.15, -0.1) is 0 Å². The number of phenolic OH excluding ortho intramolecular Hbond substituents is 1. The lowest BCUT2D eigenvalue weighted by Crippen LogP contribution is -2.17. The molecule has 1 amide bonds.